The molecule has 3 nitrogen and oxygen atoms in total. The van der Waals surface area contributed by atoms with E-state index in [-0.39, 0.29) is 11.0 Å². The van der Waals surface area contributed by atoms with Crippen molar-refractivity contribution >= 4 is 17.3 Å². The molecule has 2 rings (SSSR count). The van der Waals surface area contributed by atoms with Crippen molar-refractivity contribution in [2.24, 2.45) is 5.41 Å². The summed E-state index contributed by atoms with van der Waals surface area (Å²) in [6.45, 7) is 8.28. The number of hydrogen-bond donors (Lipinski definition) is 0. The molecule has 0 bridgehead atoms. The van der Waals surface area contributed by atoms with Gasteiger partial charge in [-0.2, -0.15) is 10.5 Å². The number of nitriles is 2. The van der Waals surface area contributed by atoms with Crippen molar-refractivity contribution in [1.29, 1.82) is 10.5 Å². The third-order valence-corrected chi connectivity index (χ3v) is 4.35. The van der Waals surface area contributed by atoms with Crippen molar-refractivity contribution in [1.82, 2.24) is 0 Å². The minimum atomic E-state index is 0.00489. The molecule has 0 radical (unpaired) electrons. The van der Waals surface area contributed by atoms with Crippen LogP contribution in [0.25, 0.3) is 11.6 Å². The van der Waals surface area contributed by atoms with E-state index in [1.807, 2.05) is 38.4 Å². The molecule has 1 aromatic carbocycles. The Kier molecular flexibility index (Phi) is 4.96. The molecule has 0 saturated heterocycles. The van der Waals surface area contributed by atoms with E-state index in [0.29, 0.717) is 0 Å². The molecule has 24 heavy (non-hydrogen) atoms. The third-order valence-electron chi connectivity index (χ3n) is 4.35. The summed E-state index contributed by atoms with van der Waals surface area (Å²) in [5.74, 6) is 0. The first-order valence-corrected chi connectivity index (χ1v) is 7.99. The van der Waals surface area contributed by atoms with Gasteiger partial charge in [0, 0.05) is 19.8 Å². The largest absolute Gasteiger partial charge is 0.378 e. The normalized spacial score (nSPS) is 15.8. The van der Waals surface area contributed by atoms with Gasteiger partial charge in [-0.3, -0.25) is 0 Å². The van der Waals surface area contributed by atoms with Crippen LogP contribution in [0.2, 0.25) is 0 Å². The maximum Gasteiger partial charge on any atom is 0.132 e. The molecule has 0 aromatic heterocycles. The van der Waals surface area contributed by atoms with E-state index in [1.54, 1.807) is 0 Å². The Morgan fingerprint density at radius 1 is 1.21 bits per heavy atom. The molecule has 0 N–H and O–H groups in total. The van der Waals surface area contributed by atoms with Crippen LogP contribution in [-0.2, 0) is 0 Å². The molecule has 3 heteroatoms. The predicted molar refractivity (Wildman–Crippen MR) is 100 cm³/mol. The Labute approximate surface area is 144 Å². The zero-order chi connectivity index (χ0) is 17.9. The average molecular weight is 317 g/mol. The Hall–Kier alpha value is -2.78. The summed E-state index contributed by atoms with van der Waals surface area (Å²) < 4.78 is 0. The van der Waals surface area contributed by atoms with Gasteiger partial charge in [0.05, 0.1) is 0 Å². The lowest BCUT2D eigenvalue weighted by atomic mass is 9.72. The Morgan fingerprint density at radius 2 is 1.88 bits per heavy atom. The lowest BCUT2D eigenvalue weighted by molar-refractivity contribution is 0.369. The second-order valence-electron chi connectivity index (χ2n) is 7.18. The van der Waals surface area contributed by atoms with E-state index in [1.165, 1.54) is 0 Å². The molecule has 1 aliphatic carbocycles. The number of nitrogens with zero attached hydrogens (tertiary/aromatic N) is 3. The summed E-state index contributed by atoms with van der Waals surface area (Å²) >= 11 is 0. The lowest BCUT2D eigenvalue weighted by Gasteiger charge is -2.32. The van der Waals surface area contributed by atoms with Crippen LogP contribution in [0.4, 0.5) is 5.69 Å². The van der Waals surface area contributed by atoms with Gasteiger partial charge in [-0.25, -0.2) is 0 Å². The Balaban J connectivity index is 2.68. The molecule has 0 aliphatic heterocycles. The molecule has 0 heterocycles. The third kappa shape index (κ3) is 3.58. The highest BCUT2D eigenvalue weighted by atomic mass is 15.1. The molecule has 0 atom stereocenters. The summed E-state index contributed by atoms with van der Waals surface area (Å²) in [6.07, 6.45) is 5.52. The molecule has 0 amide bonds. The van der Waals surface area contributed by atoms with Crippen LogP contribution in [0.5, 0.6) is 0 Å². The Bertz CT molecular complexity index is 792. The number of allylic oxidation sites excluding steroid dienone is 4. The fourth-order valence-electron chi connectivity index (χ4n) is 3.19. The maximum atomic E-state index is 9.24. The standard InChI is InChI=1S/C21H23N3/c1-6-15-7-8-19(24(4)5)10-20(15)17-9-16(18(13-22)14-23)11-21(2,3)12-17/h6-10H,1,11-12H2,2-5H3. The zero-order valence-corrected chi connectivity index (χ0v) is 14.8. The van der Waals surface area contributed by atoms with Gasteiger partial charge in [0.25, 0.3) is 0 Å². The summed E-state index contributed by atoms with van der Waals surface area (Å²) in [7, 11) is 4.03. The fraction of sp³-hybridized carbons (Fsp3) is 0.333. The van der Waals surface area contributed by atoms with E-state index >= 15 is 0 Å². The zero-order valence-electron chi connectivity index (χ0n) is 14.8. The van der Waals surface area contributed by atoms with Crippen molar-refractivity contribution < 1.29 is 0 Å². The maximum absolute atomic E-state index is 9.24. The Morgan fingerprint density at radius 3 is 2.42 bits per heavy atom. The first-order chi connectivity index (χ1) is 11.3. The fourth-order valence-corrected chi connectivity index (χ4v) is 3.19. The van der Waals surface area contributed by atoms with Crippen molar-refractivity contribution in [3.8, 4) is 12.1 Å². The van der Waals surface area contributed by atoms with Gasteiger partial charge in [-0.1, -0.05) is 38.6 Å². The quantitative estimate of drug-likeness (QED) is 0.742. The van der Waals surface area contributed by atoms with E-state index in [9.17, 15) is 10.5 Å². The molecular weight excluding hydrogens is 294 g/mol. The highest BCUT2D eigenvalue weighted by Gasteiger charge is 2.28. The van der Waals surface area contributed by atoms with Gasteiger partial charge in [0.1, 0.15) is 17.7 Å². The van der Waals surface area contributed by atoms with E-state index < -0.39 is 0 Å². The van der Waals surface area contributed by atoms with Gasteiger partial charge >= 0.3 is 0 Å². The van der Waals surface area contributed by atoms with Crippen LogP contribution in [0.15, 0.2) is 42.0 Å². The minimum absolute atomic E-state index is 0.00489. The van der Waals surface area contributed by atoms with Gasteiger partial charge in [-0.05, 0) is 52.7 Å². The number of anilines is 1. The lowest BCUT2D eigenvalue weighted by Crippen LogP contribution is -2.18. The highest BCUT2D eigenvalue weighted by molar-refractivity contribution is 5.80. The van der Waals surface area contributed by atoms with Gasteiger partial charge in [0.15, 0.2) is 0 Å². The summed E-state index contributed by atoms with van der Waals surface area (Å²) in [5.41, 5.74) is 5.51. The average Bonchev–Trinajstić information content (AvgIpc) is 2.53. The van der Waals surface area contributed by atoms with E-state index in [0.717, 1.165) is 40.8 Å². The first kappa shape index (κ1) is 17.6. The van der Waals surface area contributed by atoms with Crippen LogP contribution in [0.1, 0.15) is 37.8 Å². The molecule has 122 valence electrons. The SMILES string of the molecule is C=Cc1ccc(N(C)C)cc1C1=CC(=C(C#N)C#N)CC(C)(C)C1. The van der Waals surface area contributed by atoms with Crippen molar-refractivity contribution in [2.45, 2.75) is 26.7 Å². The van der Waals surface area contributed by atoms with Gasteiger partial charge < -0.3 is 4.90 Å². The van der Waals surface area contributed by atoms with Crippen LogP contribution in [0.3, 0.4) is 0 Å². The van der Waals surface area contributed by atoms with Gasteiger partial charge in [-0.15, -0.1) is 0 Å². The topological polar surface area (TPSA) is 50.8 Å². The molecule has 0 spiro atoms. The van der Waals surface area contributed by atoms with Crippen molar-refractivity contribution in [3.63, 3.8) is 0 Å². The number of rotatable bonds is 3. The van der Waals surface area contributed by atoms with Crippen LogP contribution in [0, 0.1) is 28.1 Å². The first-order valence-electron chi connectivity index (χ1n) is 7.99. The smallest absolute Gasteiger partial charge is 0.132 e. The molecule has 1 aromatic rings. The van der Waals surface area contributed by atoms with Crippen molar-refractivity contribution in [2.75, 3.05) is 19.0 Å². The molecular formula is C21H23N3. The van der Waals surface area contributed by atoms with E-state index in [4.69, 9.17) is 0 Å². The molecule has 0 saturated carbocycles. The monoisotopic (exact) mass is 317 g/mol. The summed E-state index contributed by atoms with van der Waals surface area (Å²) in [5, 5.41) is 18.5. The number of benzene rings is 1. The van der Waals surface area contributed by atoms with Gasteiger partial charge in [0.2, 0.25) is 0 Å². The van der Waals surface area contributed by atoms with Crippen LogP contribution >= 0.6 is 0 Å². The van der Waals surface area contributed by atoms with Crippen LogP contribution in [-0.4, -0.2) is 14.1 Å². The molecule has 0 unspecified atom stereocenters. The van der Waals surface area contributed by atoms with E-state index in [2.05, 4.69) is 43.5 Å². The highest BCUT2D eigenvalue weighted by Crippen LogP contribution is 2.44. The predicted octanol–water partition coefficient (Wildman–Crippen LogP) is 4.94. The second-order valence-corrected chi connectivity index (χ2v) is 7.18. The van der Waals surface area contributed by atoms with Crippen molar-refractivity contribution in [3.05, 3.63) is 53.1 Å². The number of hydrogen-bond acceptors (Lipinski definition) is 3. The summed E-state index contributed by atoms with van der Waals surface area (Å²) in [4.78, 5) is 2.07. The molecule has 1 aliphatic rings. The minimum Gasteiger partial charge on any atom is -0.378 e. The van der Waals surface area contributed by atoms with Crippen LogP contribution < -0.4 is 4.90 Å². The molecule has 0 fully saturated rings. The second kappa shape index (κ2) is 6.77. The summed E-state index contributed by atoms with van der Waals surface area (Å²) in [6, 6.07) is 10.4.